The average Bonchev–Trinajstić information content (AvgIpc) is 2.87. The van der Waals surface area contributed by atoms with Crippen molar-refractivity contribution in [3.05, 3.63) is 33.2 Å². The predicted molar refractivity (Wildman–Crippen MR) is 87.3 cm³/mol. The molecular formula is C16H16ClNO3S. The molecule has 0 saturated heterocycles. The molecule has 1 aliphatic heterocycles. The van der Waals surface area contributed by atoms with Crippen LogP contribution in [0.1, 0.15) is 22.9 Å². The molecular weight excluding hydrogens is 322 g/mol. The van der Waals surface area contributed by atoms with Crippen LogP contribution in [0.2, 0.25) is 5.02 Å². The molecule has 0 radical (unpaired) electrons. The largest absolute Gasteiger partial charge is 0.456 e. The first-order chi connectivity index (χ1) is 10.5. The van der Waals surface area contributed by atoms with Crippen molar-refractivity contribution in [2.45, 2.75) is 26.8 Å². The minimum absolute atomic E-state index is 0.152. The lowest BCUT2D eigenvalue weighted by Gasteiger charge is -2.26. The van der Waals surface area contributed by atoms with Crippen molar-refractivity contribution in [3.63, 3.8) is 0 Å². The molecule has 1 aliphatic rings. The summed E-state index contributed by atoms with van der Waals surface area (Å²) in [6, 6.07) is 4.15. The van der Waals surface area contributed by atoms with Crippen molar-refractivity contribution in [1.29, 1.82) is 0 Å². The first kappa shape index (κ1) is 15.3. The number of aryl methyl sites for hydroxylation is 1. The third-order valence-electron chi connectivity index (χ3n) is 3.89. The van der Waals surface area contributed by atoms with Gasteiger partial charge in [-0.1, -0.05) is 23.7 Å². The number of fused-ring (bicyclic) bond motifs is 3. The number of halogens is 1. The van der Waals surface area contributed by atoms with Crippen molar-refractivity contribution in [3.8, 4) is 0 Å². The van der Waals surface area contributed by atoms with Gasteiger partial charge >= 0.3 is 5.97 Å². The Bertz CT molecular complexity index is 768. The minimum atomic E-state index is -0.435. The molecule has 2 heterocycles. The lowest BCUT2D eigenvalue weighted by molar-refractivity contribution is -0.150. The Hall–Kier alpha value is -1.59. The Morgan fingerprint density at radius 3 is 2.91 bits per heavy atom. The number of esters is 1. The molecule has 3 rings (SSSR count). The van der Waals surface area contributed by atoms with Gasteiger partial charge < -0.3 is 9.64 Å². The van der Waals surface area contributed by atoms with E-state index in [0.717, 1.165) is 21.7 Å². The molecule has 4 nitrogen and oxygen atoms in total. The molecule has 22 heavy (non-hydrogen) atoms. The third-order valence-corrected chi connectivity index (χ3v) is 5.74. The molecule has 0 spiro atoms. The molecule has 0 atom stereocenters. The van der Waals surface area contributed by atoms with E-state index in [4.69, 9.17) is 16.3 Å². The molecule has 0 fully saturated rings. The SMILES string of the molecule is CC(=O)OCC(=O)N1CCc2c(sc3c(Cl)c(C)ccc23)C1. The number of benzene rings is 1. The molecule has 1 amide bonds. The zero-order valence-electron chi connectivity index (χ0n) is 12.4. The topological polar surface area (TPSA) is 46.6 Å². The van der Waals surface area contributed by atoms with Gasteiger partial charge in [-0.3, -0.25) is 9.59 Å². The number of hydrogen-bond acceptors (Lipinski definition) is 4. The van der Waals surface area contributed by atoms with Gasteiger partial charge in [0, 0.05) is 18.3 Å². The van der Waals surface area contributed by atoms with E-state index in [1.165, 1.54) is 22.8 Å². The van der Waals surface area contributed by atoms with Crippen molar-refractivity contribution >= 4 is 44.9 Å². The van der Waals surface area contributed by atoms with E-state index in [0.29, 0.717) is 13.1 Å². The van der Waals surface area contributed by atoms with E-state index in [-0.39, 0.29) is 12.5 Å². The summed E-state index contributed by atoms with van der Waals surface area (Å²) < 4.78 is 5.89. The Morgan fingerprint density at radius 1 is 1.41 bits per heavy atom. The lowest BCUT2D eigenvalue weighted by atomic mass is 10.0. The lowest BCUT2D eigenvalue weighted by Crippen LogP contribution is -2.37. The highest BCUT2D eigenvalue weighted by Gasteiger charge is 2.25. The zero-order valence-corrected chi connectivity index (χ0v) is 14.0. The summed E-state index contributed by atoms with van der Waals surface area (Å²) in [5, 5.41) is 2.00. The van der Waals surface area contributed by atoms with Crippen LogP contribution < -0.4 is 0 Å². The number of rotatable bonds is 2. The number of hydrogen-bond donors (Lipinski definition) is 0. The molecule has 1 aromatic carbocycles. The zero-order chi connectivity index (χ0) is 15.9. The Balaban J connectivity index is 1.86. The summed E-state index contributed by atoms with van der Waals surface area (Å²) in [7, 11) is 0. The molecule has 1 aromatic heterocycles. The summed E-state index contributed by atoms with van der Waals surface area (Å²) in [4.78, 5) is 25.8. The van der Waals surface area contributed by atoms with E-state index in [9.17, 15) is 9.59 Å². The molecule has 0 bridgehead atoms. The van der Waals surface area contributed by atoms with Crippen LogP contribution in [0.3, 0.4) is 0 Å². The second-order valence-electron chi connectivity index (χ2n) is 5.42. The van der Waals surface area contributed by atoms with Crippen LogP contribution in [-0.4, -0.2) is 29.9 Å². The number of amides is 1. The van der Waals surface area contributed by atoms with Gasteiger partial charge in [-0.2, -0.15) is 0 Å². The Labute approximate surface area is 137 Å². The Kier molecular flexibility index (Phi) is 4.10. The van der Waals surface area contributed by atoms with Crippen LogP contribution in [0, 0.1) is 6.92 Å². The maximum atomic E-state index is 12.1. The number of thiophene rings is 1. The van der Waals surface area contributed by atoms with E-state index in [1.54, 1.807) is 16.2 Å². The molecule has 6 heteroatoms. The standard InChI is InChI=1S/C16H16ClNO3S/c1-9-3-4-12-11-5-6-18(14(20)8-21-10(2)19)7-13(11)22-16(12)15(9)17/h3-4H,5-8H2,1-2H3. The highest BCUT2D eigenvalue weighted by atomic mass is 35.5. The summed E-state index contributed by atoms with van der Waals surface area (Å²) >= 11 is 8.05. The number of carbonyl (C=O) groups is 2. The van der Waals surface area contributed by atoms with Crippen LogP contribution in [0.5, 0.6) is 0 Å². The van der Waals surface area contributed by atoms with Gasteiger partial charge in [-0.15, -0.1) is 11.3 Å². The molecule has 116 valence electrons. The number of carbonyl (C=O) groups excluding carboxylic acids is 2. The van der Waals surface area contributed by atoms with Gasteiger partial charge in [0.2, 0.25) is 0 Å². The fourth-order valence-corrected chi connectivity index (χ4v) is 4.33. The van der Waals surface area contributed by atoms with E-state index < -0.39 is 5.97 Å². The number of nitrogens with zero attached hydrogens (tertiary/aromatic N) is 1. The van der Waals surface area contributed by atoms with Gasteiger partial charge in [0.1, 0.15) is 0 Å². The average molecular weight is 338 g/mol. The van der Waals surface area contributed by atoms with E-state index in [2.05, 4.69) is 6.07 Å². The van der Waals surface area contributed by atoms with Crippen molar-refractivity contribution in [2.75, 3.05) is 13.2 Å². The normalized spacial score (nSPS) is 14.0. The summed E-state index contributed by atoms with van der Waals surface area (Å²) in [6.45, 7) is 4.32. The fourth-order valence-electron chi connectivity index (χ4n) is 2.70. The summed E-state index contributed by atoms with van der Waals surface area (Å²) in [5.74, 6) is -0.587. The second kappa shape index (κ2) is 5.89. The first-order valence-electron chi connectivity index (χ1n) is 7.08. The predicted octanol–water partition coefficient (Wildman–Crippen LogP) is 3.31. The number of ether oxygens (including phenoxy) is 1. The molecule has 0 aliphatic carbocycles. The minimum Gasteiger partial charge on any atom is -0.456 e. The van der Waals surface area contributed by atoms with Crippen molar-refractivity contribution < 1.29 is 14.3 Å². The molecule has 0 unspecified atom stereocenters. The molecule has 2 aromatic rings. The van der Waals surface area contributed by atoms with Crippen LogP contribution in [0.4, 0.5) is 0 Å². The monoisotopic (exact) mass is 337 g/mol. The van der Waals surface area contributed by atoms with Gasteiger partial charge in [-0.05, 0) is 29.9 Å². The maximum Gasteiger partial charge on any atom is 0.303 e. The van der Waals surface area contributed by atoms with Crippen LogP contribution >= 0.6 is 22.9 Å². The maximum absolute atomic E-state index is 12.1. The smallest absolute Gasteiger partial charge is 0.303 e. The Morgan fingerprint density at radius 2 is 2.18 bits per heavy atom. The van der Waals surface area contributed by atoms with Crippen LogP contribution in [0.15, 0.2) is 12.1 Å². The van der Waals surface area contributed by atoms with Gasteiger partial charge in [0.25, 0.3) is 5.91 Å². The van der Waals surface area contributed by atoms with Gasteiger partial charge in [0.15, 0.2) is 6.61 Å². The van der Waals surface area contributed by atoms with E-state index >= 15 is 0 Å². The first-order valence-corrected chi connectivity index (χ1v) is 8.27. The second-order valence-corrected chi connectivity index (χ2v) is 6.91. The summed E-state index contributed by atoms with van der Waals surface area (Å²) in [6.07, 6.45) is 0.806. The van der Waals surface area contributed by atoms with Crippen molar-refractivity contribution in [2.24, 2.45) is 0 Å². The van der Waals surface area contributed by atoms with Gasteiger partial charge in [-0.25, -0.2) is 0 Å². The van der Waals surface area contributed by atoms with Gasteiger partial charge in [0.05, 0.1) is 16.3 Å². The highest BCUT2D eigenvalue weighted by molar-refractivity contribution is 7.20. The third kappa shape index (κ3) is 2.71. The molecule has 0 N–H and O–H groups in total. The quantitative estimate of drug-likeness (QED) is 0.790. The van der Waals surface area contributed by atoms with Crippen molar-refractivity contribution in [1.82, 2.24) is 4.90 Å². The van der Waals surface area contributed by atoms with E-state index in [1.807, 2.05) is 13.0 Å². The summed E-state index contributed by atoms with van der Waals surface area (Å²) in [5.41, 5.74) is 2.36. The van der Waals surface area contributed by atoms with Crippen LogP contribution in [0.25, 0.3) is 10.1 Å². The fraction of sp³-hybridized carbons (Fsp3) is 0.375. The van der Waals surface area contributed by atoms with Crippen LogP contribution in [-0.2, 0) is 27.3 Å². The highest BCUT2D eigenvalue weighted by Crippen LogP contribution is 2.40. The molecule has 0 saturated carbocycles.